The number of nitrogens with zero attached hydrogens (tertiary/aromatic N) is 1. The maximum atomic E-state index is 12.6. The normalized spacial score (nSPS) is 14.9. The van der Waals surface area contributed by atoms with Crippen LogP contribution in [-0.4, -0.2) is 74.9 Å². The first-order valence-corrected chi connectivity index (χ1v) is 21.2. The molecule has 0 saturated heterocycles. The van der Waals surface area contributed by atoms with Crippen LogP contribution in [0.4, 0.5) is 0 Å². The summed E-state index contributed by atoms with van der Waals surface area (Å²) < 4.78 is 34.1. The molecular formula is C44H71NO8P+. The van der Waals surface area contributed by atoms with Crippen LogP contribution in [-0.2, 0) is 32.7 Å². The van der Waals surface area contributed by atoms with Gasteiger partial charge in [0.25, 0.3) is 0 Å². The van der Waals surface area contributed by atoms with Crippen molar-refractivity contribution in [3.63, 3.8) is 0 Å². The van der Waals surface area contributed by atoms with Gasteiger partial charge in [0.1, 0.15) is 19.8 Å². The second kappa shape index (κ2) is 35.4. The molecule has 0 aromatic rings. The van der Waals surface area contributed by atoms with Gasteiger partial charge < -0.3 is 18.9 Å². The van der Waals surface area contributed by atoms with Crippen LogP contribution in [0.15, 0.2) is 109 Å². The highest BCUT2D eigenvalue weighted by atomic mass is 31.2. The molecule has 2 unspecified atom stereocenters. The molecule has 0 bridgehead atoms. The molecule has 0 aliphatic carbocycles. The minimum Gasteiger partial charge on any atom is -0.462 e. The Morgan fingerprint density at radius 2 is 1.11 bits per heavy atom. The molecular weight excluding hydrogens is 701 g/mol. The van der Waals surface area contributed by atoms with Gasteiger partial charge in [-0.25, -0.2) is 4.57 Å². The van der Waals surface area contributed by atoms with Crippen LogP contribution in [0, 0.1) is 0 Å². The van der Waals surface area contributed by atoms with E-state index in [1.165, 1.54) is 0 Å². The molecule has 0 aliphatic heterocycles. The third kappa shape index (κ3) is 38.4. The smallest absolute Gasteiger partial charge is 0.462 e. The third-order valence-corrected chi connectivity index (χ3v) is 8.38. The minimum absolute atomic E-state index is 0.00771. The van der Waals surface area contributed by atoms with Crippen LogP contribution in [0.25, 0.3) is 0 Å². The number of hydrogen-bond donors (Lipinski definition) is 1. The summed E-state index contributed by atoms with van der Waals surface area (Å²) in [4.78, 5) is 35.2. The zero-order valence-electron chi connectivity index (χ0n) is 33.9. The Morgan fingerprint density at radius 1 is 0.593 bits per heavy atom. The van der Waals surface area contributed by atoms with Crippen LogP contribution in [0.1, 0.15) is 104 Å². The van der Waals surface area contributed by atoms with E-state index in [2.05, 4.69) is 80.7 Å². The molecule has 1 N–H and O–H groups in total. The molecule has 0 radical (unpaired) electrons. The molecule has 0 saturated carbocycles. The summed E-state index contributed by atoms with van der Waals surface area (Å²) in [5, 5.41) is 0. The molecule has 54 heavy (non-hydrogen) atoms. The lowest BCUT2D eigenvalue weighted by molar-refractivity contribution is -0.870. The summed E-state index contributed by atoms with van der Waals surface area (Å²) in [6.45, 7) is 4.00. The Morgan fingerprint density at radius 3 is 1.70 bits per heavy atom. The zero-order valence-corrected chi connectivity index (χ0v) is 34.8. The fourth-order valence-corrected chi connectivity index (χ4v) is 5.09. The van der Waals surface area contributed by atoms with E-state index in [1.54, 1.807) is 0 Å². The van der Waals surface area contributed by atoms with Crippen molar-refractivity contribution in [2.45, 2.75) is 110 Å². The lowest BCUT2D eigenvalue weighted by Gasteiger charge is -2.24. The van der Waals surface area contributed by atoms with Gasteiger partial charge in [0.05, 0.1) is 27.7 Å². The van der Waals surface area contributed by atoms with Gasteiger partial charge in [-0.2, -0.15) is 0 Å². The number of quaternary nitrogens is 1. The lowest BCUT2D eigenvalue weighted by atomic mass is 10.1. The fraction of sp³-hybridized carbons (Fsp3) is 0.545. The van der Waals surface area contributed by atoms with E-state index in [-0.39, 0.29) is 26.1 Å². The predicted octanol–water partition coefficient (Wildman–Crippen LogP) is 10.8. The number of rotatable bonds is 33. The van der Waals surface area contributed by atoms with E-state index in [4.69, 9.17) is 18.5 Å². The average Bonchev–Trinajstić information content (AvgIpc) is 3.12. The number of hydrogen-bond acceptors (Lipinski definition) is 7. The van der Waals surface area contributed by atoms with E-state index < -0.39 is 32.5 Å². The Bertz CT molecular complexity index is 1280. The van der Waals surface area contributed by atoms with Crippen LogP contribution in [0.3, 0.4) is 0 Å². The van der Waals surface area contributed by atoms with E-state index in [0.717, 1.165) is 64.2 Å². The summed E-state index contributed by atoms with van der Waals surface area (Å²) in [6, 6.07) is 0. The van der Waals surface area contributed by atoms with Crippen molar-refractivity contribution in [2.75, 3.05) is 47.5 Å². The van der Waals surface area contributed by atoms with Gasteiger partial charge in [-0.1, -0.05) is 130 Å². The number of unbranched alkanes of at least 4 members (excludes halogenated alkanes) is 4. The van der Waals surface area contributed by atoms with Crippen molar-refractivity contribution < 1.29 is 42.1 Å². The van der Waals surface area contributed by atoms with Crippen LogP contribution < -0.4 is 0 Å². The second-order valence-corrected chi connectivity index (χ2v) is 15.1. The predicted molar refractivity (Wildman–Crippen MR) is 224 cm³/mol. The van der Waals surface area contributed by atoms with Gasteiger partial charge in [-0.15, -0.1) is 0 Å². The topological polar surface area (TPSA) is 108 Å². The number of carbonyl (C=O) groups is 2. The standard InChI is InChI=1S/C44H70NO8P/c1-6-8-10-12-14-16-18-20-21-22-23-25-26-28-30-32-34-36-43(46)50-40-42(41-52-54(48,49)51-39-38-45(3,4)5)53-44(47)37-35-33-31-29-27-24-19-17-15-13-11-9-7-2/h8-11,13-17,19-21,23-25,27-28,30,42H,6-7,12,18,22,26,29,31-41H2,1-5H3/p+1/b10-8+,11-9+,15-13+,16-14+,19-17+,21-20+,25-23+,27-24+,30-28+. The molecule has 0 heterocycles. The van der Waals surface area contributed by atoms with Crippen molar-refractivity contribution >= 4 is 19.8 Å². The van der Waals surface area contributed by atoms with Crippen molar-refractivity contribution in [1.29, 1.82) is 0 Å². The minimum atomic E-state index is -4.40. The highest BCUT2D eigenvalue weighted by Crippen LogP contribution is 2.43. The Balaban J connectivity index is 4.61. The highest BCUT2D eigenvalue weighted by Gasteiger charge is 2.27. The number of allylic oxidation sites excluding steroid dienone is 18. The molecule has 0 fully saturated rings. The van der Waals surface area contributed by atoms with Gasteiger partial charge in [-0.05, 0) is 70.6 Å². The number of phosphoric acid groups is 1. The van der Waals surface area contributed by atoms with Gasteiger partial charge in [-0.3, -0.25) is 18.6 Å². The monoisotopic (exact) mass is 772 g/mol. The van der Waals surface area contributed by atoms with Crippen LogP contribution in [0.5, 0.6) is 0 Å². The molecule has 304 valence electrons. The summed E-state index contributed by atoms with van der Waals surface area (Å²) in [5.74, 6) is -0.929. The van der Waals surface area contributed by atoms with Gasteiger partial charge in [0.2, 0.25) is 0 Å². The van der Waals surface area contributed by atoms with Crippen molar-refractivity contribution in [3.05, 3.63) is 109 Å². The number of esters is 2. The summed E-state index contributed by atoms with van der Waals surface area (Å²) in [7, 11) is 1.39. The molecule has 0 spiro atoms. The van der Waals surface area contributed by atoms with Crippen molar-refractivity contribution in [2.24, 2.45) is 0 Å². The molecule has 0 amide bonds. The summed E-state index contributed by atoms with van der Waals surface area (Å²) >= 11 is 0. The zero-order chi connectivity index (χ0) is 40.0. The molecule has 0 aromatic heterocycles. The molecule has 0 aliphatic rings. The van der Waals surface area contributed by atoms with E-state index in [1.807, 2.05) is 63.7 Å². The average molecular weight is 773 g/mol. The SMILES string of the molecule is CC/C=C/C=C/C=C/C=C/CCCCCC(=O)OC(COC(=O)CCC/C=C/C/C=C/C/C=C/C/C=C/C/C=C/CC)COP(=O)(O)OCC[N+](C)(C)C. The van der Waals surface area contributed by atoms with E-state index in [9.17, 15) is 19.0 Å². The van der Waals surface area contributed by atoms with Gasteiger partial charge in [0.15, 0.2) is 6.10 Å². The van der Waals surface area contributed by atoms with Crippen LogP contribution >= 0.6 is 7.82 Å². The maximum Gasteiger partial charge on any atom is 0.472 e. The number of phosphoric ester groups is 1. The van der Waals surface area contributed by atoms with Crippen molar-refractivity contribution in [1.82, 2.24) is 0 Å². The largest absolute Gasteiger partial charge is 0.472 e. The number of carbonyl (C=O) groups excluding carboxylic acids is 2. The van der Waals surface area contributed by atoms with Crippen LogP contribution in [0.2, 0.25) is 0 Å². The van der Waals surface area contributed by atoms with Gasteiger partial charge >= 0.3 is 19.8 Å². The lowest BCUT2D eigenvalue weighted by Crippen LogP contribution is -2.37. The first kappa shape index (κ1) is 50.7. The van der Waals surface area contributed by atoms with E-state index in [0.29, 0.717) is 23.9 Å². The first-order chi connectivity index (χ1) is 26.0. The first-order valence-electron chi connectivity index (χ1n) is 19.7. The number of likely N-dealkylation sites (N-methyl/N-ethyl adjacent to an activating group) is 1. The van der Waals surface area contributed by atoms with E-state index >= 15 is 0 Å². The third-order valence-electron chi connectivity index (χ3n) is 7.39. The molecule has 10 heteroatoms. The molecule has 0 rings (SSSR count). The summed E-state index contributed by atoms with van der Waals surface area (Å²) in [5.41, 5.74) is 0. The molecule has 2 atom stereocenters. The van der Waals surface area contributed by atoms with Crippen molar-refractivity contribution in [3.8, 4) is 0 Å². The highest BCUT2D eigenvalue weighted by molar-refractivity contribution is 7.47. The number of ether oxygens (including phenoxy) is 2. The Kier molecular flexibility index (Phi) is 33.2. The Labute approximate surface area is 327 Å². The molecule has 0 aromatic carbocycles. The quantitative estimate of drug-likeness (QED) is 0.0175. The Hall–Kier alpha value is -3.33. The molecule has 9 nitrogen and oxygen atoms in total. The maximum absolute atomic E-state index is 12.6. The fourth-order valence-electron chi connectivity index (χ4n) is 4.35. The second-order valence-electron chi connectivity index (χ2n) is 13.6. The summed E-state index contributed by atoms with van der Waals surface area (Å²) in [6.07, 6.45) is 47.2. The van der Waals surface area contributed by atoms with Gasteiger partial charge in [0, 0.05) is 12.8 Å².